The van der Waals surface area contributed by atoms with Gasteiger partial charge < -0.3 is 28.8 Å². The second-order valence-corrected chi connectivity index (χ2v) is 7.68. The molecule has 0 aliphatic carbocycles. The second-order valence-electron chi connectivity index (χ2n) is 7.68. The molecule has 0 aromatic heterocycles. The summed E-state index contributed by atoms with van der Waals surface area (Å²) in [6.07, 6.45) is 0.280. The Morgan fingerprint density at radius 2 is 1.73 bits per heavy atom. The first kappa shape index (κ1) is 20.9. The Morgan fingerprint density at radius 1 is 0.939 bits per heavy atom. The van der Waals surface area contributed by atoms with Crippen LogP contribution in [-0.2, 0) is 21.7 Å². The number of cyclic esters (lactones) is 1. The molecule has 0 bridgehead atoms. The zero-order valence-electron chi connectivity index (χ0n) is 18.2. The number of carbonyl (C=O) groups is 1. The fraction of sp³-hybridized carbons (Fsp3) is 0.192. The van der Waals surface area contributed by atoms with Crippen LogP contribution in [0.4, 0.5) is 0 Å². The number of rotatable bonds is 6. The van der Waals surface area contributed by atoms with Gasteiger partial charge in [0, 0.05) is 18.1 Å². The highest BCUT2D eigenvalue weighted by Crippen LogP contribution is 2.48. The van der Waals surface area contributed by atoms with E-state index in [4.69, 9.17) is 23.7 Å². The van der Waals surface area contributed by atoms with Crippen LogP contribution in [0, 0.1) is 0 Å². The SMILES string of the molecule is COc1ccc(C2(O)OC(=O)C(c3ccc4c(c3)OCO4)=C2Cc2ccccc2)c(OC)c1. The lowest BCUT2D eigenvalue weighted by Crippen LogP contribution is -2.30. The molecule has 1 unspecified atom stereocenters. The van der Waals surface area contributed by atoms with Crippen molar-refractivity contribution < 1.29 is 33.6 Å². The van der Waals surface area contributed by atoms with E-state index in [1.165, 1.54) is 14.2 Å². The molecule has 33 heavy (non-hydrogen) atoms. The molecular formula is C26H22O7. The van der Waals surface area contributed by atoms with Gasteiger partial charge >= 0.3 is 5.97 Å². The molecule has 3 aromatic rings. The summed E-state index contributed by atoms with van der Waals surface area (Å²) in [6.45, 7) is 0.117. The Labute approximate surface area is 190 Å². The van der Waals surface area contributed by atoms with Crippen molar-refractivity contribution in [1.82, 2.24) is 0 Å². The van der Waals surface area contributed by atoms with Crippen LogP contribution in [0.3, 0.4) is 0 Å². The summed E-state index contributed by atoms with van der Waals surface area (Å²) in [5.41, 5.74) is 2.47. The molecule has 0 amide bonds. The molecule has 7 nitrogen and oxygen atoms in total. The predicted octanol–water partition coefficient (Wildman–Crippen LogP) is 3.83. The van der Waals surface area contributed by atoms with Crippen molar-refractivity contribution in [2.75, 3.05) is 21.0 Å². The normalized spacial score (nSPS) is 18.9. The Hall–Kier alpha value is -3.97. The van der Waals surface area contributed by atoms with Gasteiger partial charge in [-0.05, 0) is 35.4 Å². The van der Waals surface area contributed by atoms with Crippen molar-refractivity contribution in [3.8, 4) is 23.0 Å². The molecule has 0 saturated carbocycles. The summed E-state index contributed by atoms with van der Waals surface area (Å²) in [4.78, 5) is 13.2. The van der Waals surface area contributed by atoms with Gasteiger partial charge in [-0.25, -0.2) is 4.79 Å². The second kappa shape index (κ2) is 8.18. The summed E-state index contributed by atoms with van der Waals surface area (Å²) >= 11 is 0. The van der Waals surface area contributed by atoms with Crippen LogP contribution in [0.15, 0.2) is 72.3 Å². The minimum Gasteiger partial charge on any atom is -0.497 e. The van der Waals surface area contributed by atoms with Crippen LogP contribution in [0.2, 0.25) is 0 Å². The van der Waals surface area contributed by atoms with Gasteiger partial charge in [0.15, 0.2) is 11.5 Å². The number of hydrogen-bond acceptors (Lipinski definition) is 7. The van der Waals surface area contributed by atoms with Crippen molar-refractivity contribution in [3.05, 3.63) is 89.0 Å². The van der Waals surface area contributed by atoms with E-state index in [-0.39, 0.29) is 18.8 Å². The molecule has 0 saturated heterocycles. The van der Waals surface area contributed by atoms with Gasteiger partial charge in [-0.3, -0.25) is 0 Å². The third-order valence-electron chi connectivity index (χ3n) is 5.81. The van der Waals surface area contributed by atoms with Crippen LogP contribution < -0.4 is 18.9 Å². The van der Waals surface area contributed by atoms with E-state index in [0.717, 1.165) is 5.56 Å². The number of hydrogen-bond donors (Lipinski definition) is 1. The molecule has 3 aromatic carbocycles. The van der Waals surface area contributed by atoms with Crippen LogP contribution in [0.5, 0.6) is 23.0 Å². The summed E-state index contributed by atoms with van der Waals surface area (Å²) in [7, 11) is 3.02. The predicted molar refractivity (Wildman–Crippen MR) is 119 cm³/mol. The van der Waals surface area contributed by atoms with E-state index >= 15 is 0 Å². The van der Waals surface area contributed by atoms with E-state index in [2.05, 4.69) is 0 Å². The average Bonchev–Trinajstić information content (AvgIpc) is 3.41. The van der Waals surface area contributed by atoms with Crippen LogP contribution >= 0.6 is 0 Å². The summed E-state index contributed by atoms with van der Waals surface area (Å²) in [6, 6.07) is 19.8. The van der Waals surface area contributed by atoms with Crippen LogP contribution in [0.25, 0.3) is 5.57 Å². The van der Waals surface area contributed by atoms with Crippen LogP contribution in [-0.4, -0.2) is 32.1 Å². The average molecular weight is 446 g/mol. The molecule has 1 atom stereocenters. The van der Waals surface area contributed by atoms with Gasteiger partial charge in [-0.2, -0.15) is 0 Å². The summed E-state index contributed by atoms with van der Waals surface area (Å²) in [5.74, 6) is -0.655. The fourth-order valence-electron chi connectivity index (χ4n) is 4.19. The monoisotopic (exact) mass is 446 g/mol. The van der Waals surface area contributed by atoms with Crippen molar-refractivity contribution in [2.24, 2.45) is 0 Å². The number of carbonyl (C=O) groups excluding carboxylic acids is 1. The highest BCUT2D eigenvalue weighted by Gasteiger charge is 2.49. The van der Waals surface area contributed by atoms with Crippen LogP contribution in [0.1, 0.15) is 16.7 Å². The lowest BCUT2D eigenvalue weighted by atomic mass is 9.87. The number of ether oxygens (including phenoxy) is 5. The summed E-state index contributed by atoms with van der Waals surface area (Å²) in [5, 5.41) is 11.9. The highest BCUT2D eigenvalue weighted by atomic mass is 16.7. The molecule has 0 radical (unpaired) electrons. The Kier molecular flexibility index (Phi) is 5.18. The largest absolute Gasteiger partial charge is 0.497 e. The fourth-order valence-corrected chi connectivity index (χ4v) is 4.19. The number of methoxy groups -OCH3 is 2. The first-order chi connectivity index (χ1) is 16.0. The standard InChI is InChI=1S/C26H22O7/c1-29-18-9-10-19(22(14-18)30-2)26(28)20(12-16-6-4-3-5-7-16)24(25(27)33-26)17-8-11-21-23(13-17)32-15-31-21/h3-11,13-14,28H,12,15H2,1-2H3. The third kappa shape index (κ3) is 3.56. The van der Waals surface area contributed by atoms with Crippen molar-refractivity contribution in [2.45, 2.75) is 12.2 Å². The molecule has 2 aliphatic rings. The molecule has 0 fully saturated rings. The summed E-state index contributed by atoms with van der Waals surface area (Å²) < 4.78 is 27.3. The lowest BCUT2D eigenvalue weighted by molar-refractivity contribution is -0.185. The quantitative estimate of drug-likeness (QED) is 0.576. The van der Waals surface area contributed by atoms with Gasteiger partial charge in [0.1, 0.15) is 11.5 Å². The van der Waals surface area contributed by atoms with E-state index in [9.17, 15) is 9.90 Å². The smallest absolute Gasteiger partial charge is 0.342 e. The van der Waals surface area contributed by atoms with Crippen molar-refractivity contribution in [3.63, 3.8) is 0 Å². The molecule has 1 N–H and O–H groups in total. The molecular weight excluding hydrogens is 424 g/mol. The first-order valence-electron chi connectivity index (χ1n) is 10.4. The lowest BCUT2D eigenvalue weighted by Gasteiger charge is -2.27. The zero-order chi connectivity index (χ0) is 23.0. The number of benzene rings is 3. The maximum absolute atomic E-state index is 13.2. The maximum atomic E-state index is 13.2. The van der Waals surface area contributed by atoms with Gasteiger partial charge in [0.05, 0.1) is 25.4 Å². The minimum atomic E-state index is -2.03. The number of esters is 1. The van der Waals surface area contributed by atoms with Gasteiger partial charge in [0.25, 0.3) is 5.79 Å². The maximum Gasteiger partial charge on any atom is 0.342 e. The van der Waals surface area contributed by atoms with Gasteiger partial charge in [-0.15, -0.1) is 0 Å². The minimum absolute atomic E-state index is 0.117. The molecule has 2 heterocycles. The van der Waals surface area contributed by atoms with E-state index in [1.54, 1.807) is 36.4 Å². The Morgan fingerprint density at radius 3 is 2.48 bits per heavy atom. The Balaban J connectivity index is 1.70. The zero-order valence-corrected chi connectivity index (χ0v) is 18.2. The van der Waals surface area contributed by atoms with E-state index < -0.39 is 11.8 Å². The molecule has 2 aliphatic heterocycles. The molecule has 7 heteroatoms. The van der Waals surface area contributed by atoms with Crippen molar-refractivity contribution >= 4 is 11.5 Å². The Bertz CT molecular complexity index is 1250. The number of aliphatic hydroxyl groups is 1. The highest BCUT2D eigenvalue weighted by molar-refractivity contribution is 6.20. The number of fused-ring (bicyclic) bond motifs is 1. The third-order valence-corrected chi connectivity index (χ3v) is 5.81. The molecule has 0 spiro atoms. The molecule has 168 valence electrons. The van der Waals surface area contributed by atoms with Crippen molar-refractivity contribution in [1.29, 1.82) is 0 Å². The topological polar surface area (TPSA) is 83.5 Å². The van der Waals surface area contributed by atoms with Gasteiger partial charge in [0.2, 0.25) is 6.79 Å². The van der Waals surface area contributed by atoms with E-state index in [0.29, 0.717) is 39.7 Å². The van der Waals surface area contributed by atoms with Gasteiger partial charge in [-0.1, -0.05) is 36.4 Å². The molecule has 5 rings (SSSR count). The first-order valence-corrected chi connectivity index (χ1v) is 10.4. The van der Waals surface area contributed by atoms with E-state index in [1.807, 2.05) is 30.3 Å².